The van der Waals surface area contributed by atoms with Crippen LogP contribution in [0.4, 0.5) is 5.82 Å². The topological polar surface area (TPSA) is 75.4 Å². The van der Waals surface area contributed by atoms with Crippen molar-refractivity contribution in [2.24, 2.45) is 5.92 Å². The van der Waals surface area contributed by atoms with E-state index in [1.54, 1.807) is 4.52 Å². The highest BCUT2D eigenvalue weighted by molar-refractivity contribution is 6.33. The molecular formula is C20H23ClN6O. The smallest absolute Gasteiger partial charge is 0.223 e. The molecular weight excluding hydrogens is 376 g/mol. The molecule has 0 spiro atoms. The van der Waals surface area contributed by atoms with Crippen molar-refractivity contribution in [3.05, 3.63) is 41.4 Å². The fourth-order valence-electron chi connectivity index (χ4n) is 3.53. The van der Waals surface area contributed by atoms with Crippen LogP contribution in [0.25, 0.3) is 17.0 Å². The standard InChI is InChI=1S/C20H23ClN6O/c1-13(2)22-20(28)14-9-11-26(12-10-14)18-8-7-17-23-24-19(27(17)25-18)15-5-3-4-6-16(15)21/h3-8,13-14H,9-12H2,1-2H3,(H,22,28). The average molecular weight is 399 g/mol. The summed E-state index contributed by atoms with van der Waals surface area (Å²) in [7, 11) is 0. The van der Waals surface area contributed by atoms with Gasteiger partial charge in [-0.1, -0.05) is 23.7 Å². The Morgan fingerprint density at radius 3 is 2.61 bits per heavy atom. The predicted molar refractivity (Wildman–Crippen MR) is 109 cm³/mol. The van der Waals surface area contributed by atoms with Gasteiger partial charge < -0.3 is 10.2 Å². The van der Waals surface area contributed by atoms with Crippen LogP contribution >= 0.6 is 11.6 Å². The number of amides is 1. The fourth-order valence-corrected chi connectivity index (χ4v) is 3.75. The maximum Gasteiger partial charge on any atom is 0.223 e. The molecule has 4 rings (SSSR count). The van der Waals surface area contributed by atoms with Crippen LogP contribution in [0.3, 0.4) is 0 Å². The number of rotatable bonds is 4. The van der Waals surface area contributed by atoms with Crippen LogP contribution in [0, 0.1) is 5.92 Å². The third kappa shape index (κ3) is 3.67. The number of carbonyl (C=O) groups is 1. The van der Waals surface area contributed by atoms with Gasteiger partial charge in [-0.3, -0.25) is 4.79 Å². The lowest BCUT2D eigenvalue weighted by Gasteiger charge is -2.32. The van der Waals surface area contributed by atoms with Gasteiger partial charge in [0.2, 0.25) is 5.91 Å². The lowest BCUT2D eigenvalue weighted by Crippen LogP contribution is -2.42. The van der Waals surface area contributed by atoms with Crippen LogP contribution < -0.4 is 10.2 Å². The van der Waals surface area contributed by atoms with E-state index in [0.29, 0.717) is 16.5 Å². The number of benzene rings is 1. The first kappa shape index (κ1) is 18.7. The van der Waals surface area contributed by atoms with Gasteiger partial charge in [-0.25, -0.2) is 0 Å². The van der Waals surface area contributed by atoms with Gasteiger partial charge in [0.15, 0.2) is 11.5 Å². The van der Waals surface area contributed by atoms with Crippen LogP contribution in [0.1, 0.15) is 26.7 Å². The second-order valence-electron chi connectivity index (χ2n) is 7.39. The summed E-state index contributed by atoms with van der Waals surface area (Å²) in [6.07, 6.45) is 1.63. The molecule has 0 atom stereocenters. The minimum absolute atomic E-state index is 0.0657. The van der Waals surface area contributed by atoms with E-state index in [9.17, 15) is 4.79 Å². The molecule has 0 saturated carbocycles. The molecule has 0 bridgehead atoms. The number of piperidine rings is 1. The zero-order valence-corrected chi connectivity index (χ0v) is 16.7. The van der Waals surface area contributed by atoms with Gasteiger partial charge in [0.25, 0.3) is 0 Å². The van der Waals surface area contributed by atoms with Gasteiger partial charge in [0, 0.05) is 30.6 Å². The summed E-state index contributed by atoms with van der Waals surface area (Å²) < 4.78 is 1.73. The molecule has 3 aromatic rings. The molecule has 1 aromatic carbocycles. The van der Waals surface area contributed by atoms with Crippen molar-refractivity contribution in [2.45, 2.75) is 32.7 Å². The van der Waals surface area contributed by atoms with Crippen LogP contribution in [-0.4, -0.2) is 44.8 Å². The van der Waals surface area contributed by atoms with E-state index in [4.69, 9.17) is 16.7 Å². The number of hydrogen-bond donors (Lipinski definition) is 1. The third-order valence-corrected chi connectivity index (χ3v) is 5.31. The van der Waals surface area contributed by atoms with Crippen molar-refractivity contribution >= 4 is 29.0 Å². The normalized spacial score (nSPS) is 15.4. The molecule has 1 fully saturated rings. The Labute approximate surface area is 168 Å². The molecule has 0 radical (unpaired) electrons. The first-order valence-electron chi connectivity index (χ1n) is 9.55. The Balaban J connectivity index is 1.55. The molecule has 1 N–H and O–H groups in total. The molecule has 1 aliphatic rings. The zero-order valence-electron chi connectivity index (χ0n) is 16.0. The van der Waals surface area contributed by atoms with Crippen LogP contribution in [0.5, 0.6) is 0 Å². The van der Waals surface area contributed by atoms with E-state index in [2.05, 4.69) is 20.4 Å². The van der Waals surface area contributed by atoms with Crippen LogP contribution in [0.15, 0.2) is 36.4 Å². The predicted octanol–water partition coefficient (Wildman–Crippen LogP) is 3.19. The number of fused-ring (bicyclic) bond motifs is 1. The van der Waals surface area contributed by atoms with Gasteiger partial charge in [0.1, 0.15) is 5.82 Å². The number of hydrogen-bond acceptors (Lipinski definition) is 5. The van der Waals surface area contributed by atoms with Gasteiger partial charge in [-0.05, 0) is 51.0 Å². The highest BCUT2D eigenvalue weighted by atomic mass is 35.5. The highest BCUT2D eigenvalue weighted by Gasteiger charge is 2.26. The molecule has 0 aliphatic carbocycles. The van der Waals surface area contributed by atoms with Gasteiger partial charge >= 0.3 is 0 Å². The molecule has 146 valence electrons. The molecule has 28 heavy (non-hydrogen) atoms. The van der Waals surface area contributed by atoms with Crippen molar-refractivity contribution in [3.63, 3.8) is 0 Å². The number of nitrogens with one attached hydrogen (secondary N) is 1. The summed E-state index contributed by atoms with van der Waals surface area (Å²) in [6.45, 7) is 5.56. The maximum atomic E-state index is 12.2. The van der Waals surface area contributed by atoms with Crippen molar-refractivity contribution in [1.29, 1.82) is 0 Å². The van der Waals surface area contributed by atoms with Gasteiger partial charge in [0.05, 0.1) is 5.02 Å². The summed E-state index contributed by atoms with van der Waals surface area (Å²) in [5, 5.41) is 16.9. The molecule has 1 saturated heterocycles. The molecule has 7 nitrogen and oxygen atoms in total. The Kier molecular flexibility index (Phi) is 5.17. The molecule has 1 amide bonds. The highest BCUT2D eigenvalue weighted by Crippen LogP contribution is 2.27. The zero-order chi connectivity index (χ0) is 19.7. The Hall–Kier alpha value is -2.67. The Bertz CT molecular complexity index is 993. The van der Waals surface area contributed by atoms with E-state index < -0.39 is 0 Å². The first-order chi connectivity index (χ1) is 13.5. The number of carbonyl (C=O) groups excluding carboxylic acids is 1. The van der Waals surface area contributed by atoms with Crippen LogP contribution in [0.2, 0.25) is 5.02 Å². The summed E-state index contributed by atoms with van der Waals surface area (Å²) in [5.41, 5.74) is 1.47. The summed E-state index contributed by atoms with van der Waals surface area (Å²) >= 11 is 6.33. The number of nitrogens with zero attached hydrogens (tertiary/aromatic N) is 5. The van der Waals surface area contributed by atoms with Crippen molar-refractivity contribution in [3.8, 4) is 11.4 Å². The van der Waals surface area contributed by atoms with E-state index in [-0.39, 0.29) is 17.9 Å². The van der Waals surface area contributed by atoms with Crippen molar-refractivity contribution < 1.29 is 4.79 Å². The SMILES string of the molecule is CC(C)NC(=O)C1CCN(c2ccc3nnc(-c4ccccc4Cl)n3n2)CC1. The molecule has 8 heteroatoms. The summed E-state index contributed by atoms with van der Waals surface area (Å²) in [5.74, 6) is 1.69. The minimum Gasteiger partial charge on any atom is -0.355 e. The Morgan fingerprint density at radius 2 is 1.89 bits per heavy atom. The van der Waals surface area contributed by atoms with E-state index >= 15 is 0 Å². The van der Waals surface area contributed by atoms with Crippen LogP contribution in [-0.2, 0) is 4.79 Å². The summed E-state index contributed by atoms with van der Waals surface area (Å²) in [6, 6.07) is 11.6. The lowest BCUT2D eigenvalue weighted by molar-refractivity contribution is -0.126. The maximum absolute atomic E-state index is 12.2. The molecule has 0 unspecified atom stereocenters. The van der Waals surface area contributed by atoms with E-state index in [1.807, 2.05) is 50.2 Å². The van der Waals surface area contributed by atoms with Crippen molar-refractivity contribution in [2.75, 3.05) is 18.0 Å². The van der Waals surface area contributed by atoms with E-state index in [1.165, 1.54) is 0 Å². The van der Waals surface area contributed by atoms with E-state index in [0.717, 1.165) is 37.3 Å². The largest absolute Gasteiger partial charge is 0.355 e. The number of aromatic nitrogens is 4. The minimum atomic E-state index is 0.0657. The van der Waals surface area contributed by atoms with Gasteiger partial charge in [-0.2, -0.15) is 4.52 Å². The average Bonchev–Trinajstić information content (AvgIpc) is 3.11. The second-order valence-corrected chi connectivity index (χ2v) is 7.80. The number of halogens is 1. The second kappa shape index (κ2) is 7.75. The quantitative estimate of drug-likeness (QED) is 0.730. The van der Waals surface area contributed by atoms with Gasteiger partial charge in [-0.15, -0.1) is 15.3 Å². The first-order valence-corrected chi connectivity index (χ1v) is 9.93. The fraction of sp³-hybridized carbons (Fsp3) is 0.400. The monoisotopic (exact) mass is 398 g/mol. The molecule has 2 aromatic heterocycles. The third-order valence-electron chi connectivity index (χ3n) is 4.98. The number of anilines is 1. The Morgan fingerprint density at radius 1 is 1.14 bits per heavy atom. The molecule has 3 heterocycles. The summed E-state index contributed by atoms with van der Waals surface area (Å²) in [4.78, 5) is 14.5. The van der Waals surface area contributed by atoms with Crippen molar-refractivity contribution in [1.82, 2.24) is 25.1 Å². The lowest BCUT2D eigenvalue weighted by atomic mass is 9.95. The molecule has 1 aliphatic heterocycles.